The largest absolute Gasteiger partial charge is 0.313 e. The van der Waals surface area contributed by atoms with Gasteiger partial charge in [-0.15, -0.1) is 0 Å². The van der Waals surface area contributed by atoms with Crippen LogP contribution in [0.2, 0.25) is 0 Å². The predicted molar refractivity (Wildman–Crippen MR) is 76.3 cm³/mol. The van der Waals surface area contributed by atoms with E-state index in [4.69, 9.17) is 0 Å². The van der Waals surface area contributed by atoms with Crippen LogP contribution < -0.4 is 5.32 Å². The maximum absolute atomic E-state index is 3.81. The standard InChI is InChI=1S/C14H29NS/c1-5-12(3)10-13(6-2)15-11-14(16-4)8-7-9-14/h12-13,15H,5-11H2,1-4H3. The number of hydrogen-bond donors (Lipinski definition) is 1. The zero-order valence-electron chi connectivity index (χ0n) is 11.5. The van der Waals surface area contributed by atoms with Crippen LogP contribution in [0.25, 0.3) is 0 Å². The third kappa shape index (κ3) is 3.96. The van der Waals surface area contributed by atoms with Crippen molar-refractivity contribution in [3.63, 3.8) is 0 Å². The Balaban J connectivity index is 2.27. The van der Waals surface area contributed by atoms with E-state index in [0.29, 0.717) is 4.75 Å². The van der Waals surface area contributed by atoms with E-state index in [1.165, 1.54) is 45.1 Å². The summed E-state index contributed by atoms with van der Waals surface area (Å²) in [6.07, 6.45) is 10.5. The van der Waals surface area contributed by atoms with Crippen molar-refractivity contribution in [3.8, 4) is 0 Å². The summed E-state index contributed by atoms with van der Waals surface area (Å²) in [4.78, 5) is 0. The van der Waals surface area contributed by atoms with E-state index in [0.717, 1.165) is 12.0 Å². The van der Waals surface area contributed by atoms with E-state index >= 15 is 0 Å². The van der Waals surface area contributed by atoms with Crippen LogP contribution in [-0.4, -0.2) is 23.6 Å². The molecule has 0 amide bonds. The van der Waals surface area contributed by atoms with Gasteiger partial charge in [0.2, 0.25) is 0 Å². The van der Waals surface area contributed by atoms with Gasteiger partial charge in [0.05, 0.1) is 0 Å². The van der Waals surface area contributed by atoms with Gasteiger partial charge in [-0.3, -0.25) is 0 Å². The molecule has 0 aromatic carbocycles. The molecule has 96 valence electrons. The molecule has 0 bridgehead atoms. The molecule has 1 fully saturated rings. The summed E-state index contributed by atoms with van der Waals surface area (Å²) in [5.41, 5.74) is 0. The molecule has 2 atom stereocenters. The molecular formula is C14H29NS. The maximum atomic E-state index is 3.81. The van der Waals surface area contributed by atoms with Crippen molar-refractivity contribution in [2.45, 2.75) is 70.1 Å². The van der Waals surface area contributed by atoms with E-state index in [-0.39, 0.29) is 0 Å². The smallest absolute Gasteiger partial charge is 0.0281 e. The molecule has 2 unspecified atom stereocenters. The first-order chi connectivity index (χ1) is 7.65. The number of hydrogen-bond acceptors (Lipinski definition) is 2. The van der Waals surface area contributed by atoms with Crippen LogP contribution in [0.5, 0.6) is 0 Å². The summed E-state index contributed by atoms with van der Waals surface area (Å²) in [7, 11) is 0. The van der Waals surface area contributed by atoms with Crippen molar-refractivity contribution in [1.29, 1.82) is 0 Å². The highest BCUT2D eigenvalue weighted by molar-refractivity contribution is 8.00. The minimum absolute atomic E-state index is 0.586. The fraction of sp³-hybridized carbons (Fsp3) is 1.00. The SMILES string of the molecule is CCC(C)CC(CC)NCC1(SC)CCC1. The Hall–Kier alpha value is 0.310. The zero-order valence-corrected chi connectivity index (χ0v) is 12.3. The first-order valence-electron chi connectivity index (χ1n) is 6.94. The van der Waals surface area contributed by atoms with Gasteiger partial charge in [-0.2, -0.15) is 11.8 Å². The molecule has 1 N–H and O–H groups in total. The maximum Gasteiger partial charge on any atom is 0.0281 e. The summed E-state index contributed by atoms with van der Waals surface area (Å²) in [5.74, 6) is 0.865. The normalized spacial score (nSPS) is 22.5. The summed E-state index contributed by atoms with van der Waals surface area (Å²) >= 11 is 2.07. The Morgan fingerprint density at radius 3 is 2.31 bits per heavy atom. The molecule has 1 nitrogen and oxygen atoms in total. The van der Waals surface area contributed by atoms with Crippen LogP contribution in [-0.2, 0) is 0 Å². The lowest BCUT2D eigenvalue weighted by molar-refractivity contribution is 0.307. The van der Waals surface area contributed by atoms with Gasteiger partial charge in [0.1, 0.15) is 0 Å². The lowest BCUT2D eigenvalue weighted by atomic mass is 9.83. The average molecular weight is 243 g/mol. The molecule has 2 heteroatoms. The second-order valence-corrected chi connectivity index (χ2v) is 6.75. The number of thioether (sulfide) groups is 1. The molecule has 1 rings (SSSR count). The van der Waals surface area contributed by atoms with Gasteiger partial charge >= 0.3 is 0 Å². The van der Waals surface area contributed by atoms with Crippen molar-refractivity contribution in [2.24, 2.45) is 5.92 Å². The number of nitrogens with one attached hydrogen (secondary N) is 1. The Kier molecular flexibility index (Phi) is 6.20. The van der Waals surface area contributed by atoms with Gasteiger partial charge in [-0.1, -0.05) is 33.6 Å². The van der Waals surface area contributed by atoms with E-state index in [2.05, 4.69) is 44.1 Å². The molecule has 0 spiro atoms. The minimum Gasteiger partial charge on any atom is -0.313 e. The van der Waals surface area contributed by atoms with Gasteiger partial charge in [-0.25, -0.2) is 0 Å². The van der Waals surface area contributed by atoms with Gasteiger partial charge < -0.3 is 5.32 Å². The highest BCUT2D eigenvalue weighted by Gasteiger charge is 2.36. The Morgan fingerprint density at radius 1 is 1.25 bits per heavy atom. The fourth-order valence-corrected chi connectivity index (χ4v) is 3.33. The van der Waals surface area contributed by atoms with Crippen LogP contribution >= 0.6 is 11.8 Å². The van der Waals surface area contributed by atoms with Crippen molar-refractivity contribution in [1.82, 2.24) is 5.32 Å². The average Bonchev–Trinajstić information content (AvgIpc) is 2.26. The molecule has 0 aliphatic heterocycles. The third-order valence-corrected chi connectivity index (χ3v) is 5.71. The van der Waals surface area contributed by atoms with Gasteiger partial charge in [0.15, 0.2) is 0 Å². The summed E-state index contributed by atoms with van der Waals surface area (Å²) < 4.78 is 0.586. The van der Waals surface area contributed by atoms with E-state index in [1.54, 1.807) is 0 Å². The predicted octanol–water partition coefficient (Wildman–Crippen LogP) is 4.08. The van der Waals surface area contributed by atoms with E-state index < -0.39 is 0 Å². The summed E-state index contributed by atoms with van der Waals surface area (Å²) in [6.45, 7) is 8.21. The summed E-state index contributed by atoms with van der Waals surface area (Å²) in [5, 5.41) is 3.81. The quantitative estimate of drug-likeness (QED) is 0.689. The lowest BCUT2D eigenvalue weighted by Crippen LogP contribution is -2.46. The summed E-state index contributed by atoms with van der Waals surface area (Å²) in [6, 6.07) is 0.736. The van der Waals surface area contributed by atoms with Crippen LogP contribution in [0.3, 0.4) is 0 Å². The first kappa shape index (κ1) is 14.4. The second-order valence-electron chi connectivity index (χ2n) is 5.48. The van der Waals surface area contributed by atoms with Crippen LogP contribution in [0.1, 0.15) is 59.3 Å². The Labute approximate surface area is 106 Å². The zero-order chi connectivity index (χ0) is 12.0. The van der Waals surface area contributed by atoms with E-state index in [9.17, 15) is 0 Å². The number of rotatable bonds is 8. The second kappa shape index (κ2) is 6.90. The topological polar surface area (TPSA) is 12.0 Å². The molecule has 0 aromatic rings. The monoisotopic (exact) mass is 243 g/mol. The van der Waals surface area contributed by atoms with Crippen LogP contribution in [0.15, 0.2) is 0 Å². The molecule has 1 aliphatic rings. The minimum atomic E-state index is 0.586. The third-order valence-electron chi connectivity index (χ3n) is 4.29. The van der Waals surface area contributed by atoms with Crippen LogP contribution in [0.4, 0.5) is 0 Å². The first-order valence-corrected chi connectivity index (χ1v) is 8.16. The van der Waals surface area contributed by atoms with Crippen molar-refractivity contribution in [2.75, 3.05) is 12.8 Å². The molecule has 1 aliphatic carbocycles. The Morgan fingerprint density at radius 2 is 1.94 bits per heavy atom. The molecule has 0 saturated heterocycles. The van der Waals surface area contributed by atoms with Gasteiger partial charge in [0, 0.05) is 17.3 Å². The fourth-order valence-electron chi connectivity index (χ4n) is 2.40. The van der Waals surface area contributed by atoms with Crippen molar-refractivity contribution < 1.29 is 0 Å². The highest BCUT2D eigenvalue weighted by atomic mass is 32.2. The lowest BCUT2D eigenvalue weighted by Gasteiger charge is -2.41. The molecule has 0 aromatic heterocycles. The van der Waals surface area contributed by atoms with Crippen molar-refractivity contribution >= 4 is 11.8 Å². The van der Waals surface area contributed by atoms with Gasteiger partial charge in [-0.05, 0) is 37.9 Å². The molecule has 0 heterocycles. The van der Waals surface area contributed by atoms with Crippen LogP contribution in [0, 0.1) is 5.92 Å². The van der Waals surface area contributed by atoms with Gasteiger partial charge in [0.25, 0.3) is 0 Å². The molecular weight excluding hydrogens is 214 g/mol. The molecule has 1 saturated carbocycles. The molecule has 16 heavy (non-hydrogen) atoms. The highest BCUT2D eigenvalue weighted by Crippen LogP contribution is 2.42. The van der Waals surface area contributed by atoms with E-state index in [1.807, 2.05) is 0 Å². The van der Waals surface area contributed by atoms with Crippen molar-refractivity contribution in [3.05, 3.63) is 0 Å². The Bertz CT molecular complexity index is 184. The molecule has 0 radical (unpaired) electrons.